The fourth-order valence-electron chi connectivity index (χ4n) is 1.07. The first-order valence-electron chi connectivity index (χ1n) is 3.51. The molecule has 11 heavy (non-hydrogen) atoms. The molecule has 1 saturated heterocycles. The summed E-state index contributed by atoms with van der Waals surface area (Å²) in [5, 5.41) is 27.0. The topological polar surface area (TPSA) is 95.9 Å². The molecular formula is C6H13NO4. The van der Waals surface area contributed by atoms with Crippen LogP contribution in [0, 0.1) is 0 Å². The molecule has 5 heteroatoms. The van der Waals surface area contributed by atoms with Crippen molar-refractivity contribution in [2.45, 2.75) is 24.4 Å². The van der Waals surface area contributed by atoms with E-state index in [9.17, 15) is 5.11 Å². The van der Waals surface area contributed by atoms with Crippen LogP contribution in [-0.2, 0) is 4.74 Å². The maximum atomic E-state index is 9.24. The minimum absolute atomic E-state index is 0.0729. The lowest BCUT2D eigenvalue weighted by molar-refractivity contribution is -0.147. The first-order valence-corrected chi connectivity index (χ1v) is 3.51. The van der Waals surface area contributed by atoms with E-state index < -0.39 is 24.4 Å². The van der Waals surface area contributed by atoms with Gasteiger partial charge in [0.15, 0.2) is 0 Å². The van der Waals surface area contributed by atoms with E-state index in [1.807, 2.05) is 0 Å². The summed E-state index contributed by atoms with van der Waals surface area (Å²) in [4.78, 5) is 0. The molecule has 66 valence electrons. The van der Waals surface area contributed by atoms with Gasteiger partial charge in [-0.15, -0.1) is 0 Å². The molecular weight excluding hydrogens is 150 g/mol. The number of rotatable bonds is 1. The fourth-order valence-corrected chi connectivity index (χ4v) is 1.07. The van der Waals surface area contributed by atoms with Crippen LogP contribution in [0.25, 0.3) is 0 Å². The Balaban J connectivity index is 2.52. The van der Waals surface area contributed by atoms with Crippen LogP contribution in [0.1, 0.15) is 0 Å². The standard InChI is InChI=1S/C6H13NO4/c7-5-3(9)2-11-4(1-8)6(5)10/h3-6,8-10H,1-2,7H2/t3-,4+,5-,6+/m0/s1. The summed E-state index contributed by atoms with van der Waals surface area (Å²) >= 11 is 0. The second kappa shape index (κ2) is 3.46. The predicted octanol–water partition coefficient (Wildman–Crippen LogP) is -2.57. The normalized spacial score (nSPS) is 45.8. The van der Waals surface area contributed by atoms with E-state index in [2.05, 4.69) is 0 Å². The molecule has 1 heterocycles. The molecule has 0 bridgehead atoms. The second-order valence-electron chi connectivity index (χ2n) is 2.69. The number of aliphatic hydroxyl groups excluding tert-OH is 3. The Bertz CT molecular complexity index is 130. The van der Waals surface area contributed by atoms with Crippen molar-refractivity contribution >= 4 is 0 Å². The molecule has 5 nitrogen and oxygen atoms in total. The van der Waals surface area contributed by atoms with E-state index in [0.29, 0.717) is 0 Å². The molecule has 1 aliphatic rings. The van der Waals surface area contributed by atoms with Crippen LogP contribution in [0.3, 0.4) is 0 Å². The number of nitrogens with two attached hydrogens (primary N) is 1. The van der Waals surface area contributed by atoms with Gasteiger partial charge in [0.2, 0.25) is 0 Å². The van der Waals surface area contributed by atoms with Crippen molar-refractivity contribution in [3.8, 4) is 0 Å². The molecule has 1 aliphatic heterocycles. The summed E-state index contributed by atoms with van der Waals surface area (Å²) in [5.41, 5.74) is 5.40. The third-order valence-electron chi connectivity index (χ3n) is 1.88. The zero-order chi connectivity index (χ0) is 8.43. The van der Waals surface area contributed by atoms with Crippen molar-refractivity contribution in [3.63, 3.8) is 0 Å². The van der Waals surface area contributed by atoms with E-state index in [4.69, 9.17) is 20.7 Å². The van der Waals surface area contributed by atoms with Gasteiger partial charge < -0.3 is 25.8 Å². The van der Waals surface area contributed by atoms with E-state index in [1.54, 1.807) is 0 Å². The van der Waals surface area contributed by atoms with E-state index >= 15 is 0 Å². The van der Waals surface area contributed by atoms with Gasteiger partial charge in [0.25, 0.3) is 0 Å². The Labute approximate surface area is 64.4 Å². The predicted molar refractivity (Wildman–Crippen MR) is 36.8 cm³/mol. The lowest BCUT2D eigenvalue weighted by atomic mass is 9.99. The maximum Gasteiger partial charge on any atom is 0.108 e. The largest absolute Gasteiger partial charge is 0.394 e. The van der Waals surface area contributed by atoms with Crippen LogP contribution in [0.5, 0.6) is 0 Å². The van der Waals surface area contributed by atoms with Crippen molar-refractivity contribution < 1.29 is 20.1 Å². The molecule has 0 spiro atoms. The lowest BCUT2D eigenvalue weighted by Gasteiger charge is -2.34. The van der Waals surface area contributed by atoms with Crippen molar-refractivity contribution in [3.05, 3.63) is 0 Å². The van der Waals surface area contributed by atoms with E-state index in [1.165, 1.54) is 0 Å². The van der Waals surface area contributed by atoms with Gasteiger partial charge in [-0.25, -0.2) is 0 Å². The number of hydrogen-bond donors (Lipinski definition) is 4. The minimum atomic E-state index is -0.983. The van der Waals surface area contributed by atoms with Crippen molar-refractivity contribution in [2.75, 3.05) is 13.2 Å². The summed E-state index contributed by atoms with van der Waals surface area (Å²) in [6.07, 6.45) is -2.48. The highest BCUT2D eigenvalue weighted by atomic mass is 16.5. The molecule has 0 aromatic rings. The molecule has 1 fully saturated rings. The highest BCUT2D eigenvalue weighted by Crippen LogP contribution is 2.12. The summed E-state index contributed by atoms with van der Waals surface area (Å²) < 4.78 is 4.89. The van der Waals surface area contributed by atoms with Gasteiger partial charge in [0.1, 0.15) is 12.2 Å². The third-order valence-corrected chi connectivity index (χ3v) is 1.88. The van der Waals surface area contributed by atoms with Crippen LogP contribution in [0.4, 0.5) is 0 Å². The van der Waals surface area contributed by atoms with Gasteiger partial charge >= 0.3 is 0 Å². The van der Waals surface area contributed by atoms with Crippen LogP contribution in [-0.4, -0.2) is 52.9 Å². The van der Waals surface area contributed by atoms with Gasteiger partial charge in [0, 0.05) is 0 Å². The molecule has 0 aliphatic carbocycles. The average molecular weight is 163 g/mol. The Kier molecular flexibility index (Phi) is 2.80. The fraction of sp³-hybridized carbons (Fsp3) is 1.00. The molecule has 0 saturated carbocycles. The monoisotopic (exact) mass is 163 g/mol. The molecule has 1 rings (SSSR count). The smallest absolute Gasteiger partial charge is 0.108 e. The first-order chi connectivity index (χ1) is 5.16. The number of ether oxygens (including phenoxy) is 1. The zero-order valence-electron chi connectivity index (χ0n) is 6.05. The van der Waals surface area contributed by atoms with E-state index in [0.717, 1.165) is 0 Å². The lowest BCUT2D eigenvalue weighted by Crippen LogP contribution is -2.58. The highest BCUT2D eigenvalue weighted by molar-refractivity contribution is 4.89. The Hall–Kier alpha value is -0.200. The summed E-state index contributed by atoms with van der Waals surface area (Å²) in [6.45, 7) is -0.203. The summed E-state index contributed by atoms with van der Waals surface area (Å²) in [6, 6.07) is -0.721. The molecule has 0 unspecified atom stereocenters. The van der Waals surface area contributed by atoms with Crippen molar-refractivity contribution in [1.29, 1.82) is 0 Å². The van der Waals surface area contributed by atoms with Gasteiger partial charge in [-0.3, -0.25) is 0 Å². The SMILES string of the molecule is N[C@@H]1[C@H](O)[C@@H](CO)OC[C@@H]1O. The quantitative estimate of drug-likeness (QED) is 0.340. The Morgan fingerprint density at radius 2 is 2.09 bits per heavy atom. The summed E-state index contributed by atoms with van der Waals surface area (Å²) in [5.74, 6) is 0. The molecule has 0 aromatic heterocycles. The van der Waals surface area contributed by atoms with Crippen molar-refractivity contribution in [2.24, 2.45) is 5.73 Å². The zero-order valence-corrected chi connectivity index (χ0v) is 6.05. The average Bonchev–Trinajstić information content (AvgIpc) is 2.01. The minimum Gasteiger partial charge on any atom is -0.394 e. The molecule has 4 atom stereocenters. The maximum absolute atomic E-state index is 9.24. The summed E-state index contributed by atoms with van der Waals surface area (Å²) in [7, 11) is 0. The molecule has 0 aromatic carbocycles. The number of aliphatic hydroxyl groups is 3. The van der Waals surface area contributed by atoms with Crippen LogP contribution < -0.4 is 5.73 Å². The van der Waals surface area contributed by atoms with Gasteiger partial charge in [-0.05, 0) is 0 Å². The molecule has 0 radical (unpaired) electrons. The van der Waals surface area contributed by atoms with Crippen LogP contribution in [0.15, 0.2) is 0 Å². The Morgan fingerprint density at radius 1 is 1.45 bits per heavy atom. The van der Waals surface area contributed by atoms with Crippen LogP contribution >= 0.6 is 0 Å². The molecule has 5 N–H and O–H groups in total. The number of hydrogen-bond acceptors (Lipinski definition) is 5. The van der Waals surface area contributed by atoms with E-state index in [-0.39, 0.29) is 13.2 Å². The van der Waals surface area contributed by atoms with Gasteiger partial charge in [0.05, 0.1) is 25.4 Å². The highest BCUT2D eigenvalue weighted by Gasteiger charge is 2.35. The second-order valence-corrected chi connectivity index (χ2v) is 2.69. The third kappa shape index (κ3) is 1.69. The van der Waals surface area contributed by atoms with Crippen molar-refractivity contribution in [1.82, 2.24) is 0 Å². The van der Waals surface area contributed by atoms with Gasteiger partial charge in [-0.1, -0.05) is 0 Å². The molecule has 0 amide bonds. The van der Waals surface area contributed by atoms with Crippen LogP contribution in [0.2, 0.25) is 0 Å². The van der Waals surface area contributed by atoms with Gasteiger partial charge in [-0.2, -0.15) is 0 Å². The Morgan fingerprint density at radius 3 is 2.64 bits per heavy atom. The first kappa shape index (κ1) is 8.89.